The molecule has 1 saturated heterocycles. The fourth-order valence-electron chi connectivity index (χ4n) is 4.43. The van der Waals surface area contributed by atoms with Crippen molar-refractivity contribution in [2.75, 3.05) is 49.8 Å². The van der Waals surface area contributed by atoms with E-state index in [1.54, 1.807) is 24.5 Å². The zero-order valence-electron chi connectivity index (χ0n) is 21.2. The van der Waals surface area contributed by atoms with Crippen LogP contribution in [0.2, 0.25) is 0 Å². The first-order chi connectivity index (χ1) is 18.7. The number of aromatic nitrogens is 2. The lowest BCUT2D eigenvalue weighted by Crippen LogP contribution is -2.54. The predicted octanol–water partition coefficient (Wildman–Crippen LogP) is 4.70. The van der Waals surface area contributed by atoms with E-state index in [2.05, 4.69) is 21.4 Å². The molecule has 1 aromatic heterocycles. The third kappa shape index (κ3) is 5.37. The molecule has 2 heterocycles. The van der Waals surface area contributed by atoms with Gasteiger partial charge in [-0.25, -0.2) is 20.0 Å². The number of methoxy groups -OCH3 is 1. The Balaban J connectivity index is 1.28. The second-order valence-electron chi connectivity index (χ2n) is 8.62. The zero-order valence-corrected chi connectivity index (χ0v) is 21.2. The van der Waals surface area contributed by atoms with Gasteiger partial charge in [0.2, 0.25) is 6.41 Å². The van der Waals surface area contributed by atoms with Gasteiger partial charge in [-0.05, 0) is 42.5 Å². The summed E-state index contributed by atoms with van der Waals surface area (Å²) in [6.45, 7) is 6.72. The van der Waals surface area contributed by atoms with Gasteiger partial charge in [-0.15, -0.1) is 0 Å². The first-order valence-electron chi connectivity index (χ1n) is 12.3. The maximum absolute atomic E-state index is 12.1. The smallest absolute Gasteiger partial charge is 0.228 e. The molecule has 38 heavy (non-hydrogen) atoms. The molecule has 4 aromatic rings. The molecule has 0 aliphatic carbocycles. The average molecular weight is 512 g/mol. The van der Waals surface area contributed by atoms with E-state index in [1.165, 1.54) is 0 Å². The minimum absolute atomic E-state index is 0.373. The molecule has 194 valence electrons. The van der Waals surface area contributed by atoms with Crippen molar-refractivity contribution in [3.8, 4) is 23.0 Å². The highest BCUT2D eigenvalue weighted by Crippen LogP contribution is 2.35. The van der Waals surface area contributed by atoms with E-state index >= 15 is 0 Å². The van der Waals surface area contributed by atoms with Gasteiger partial charge in [0.05, 0.1) is 18.3 Å². The highest BCUT2D eigenvalue weighted by Gasteiger charge is 2.25. The summed E-state index contributed by atoms with van der Waals surface area (Å²) in [5, 5.41) is 4.56. The van der Waals surface area contributed by atoms with Gasteiger partial charge in [-0.3, -0.25) is 4.79 Å². The van der Waals surface area contributed by atoms with E-state index in [0.29, 0.717) is 50.0 Å². The van der Waals surface area contributed by atoms with Gasteiger partial charge in [0.15, 0.2) is 11.5 Å². The standard InChI is InChI=1S/C29H29N5O4/c1-3-17-37-28-19-26-25(18-27(28)36-2)29(31-20-30-26)32-13-15-33(16-14-32)34(21-35)22-9-11-24(12-10-22)38-23-7-5-4-6-8-23/h3-12,18-21H,1,13-17H2,2H3. The highest BCUT2D eigenvalue weighted by molar-refractivity contribution is 5.92. The maximum atomic E-state index is 12.1. The quantitative estimate of drug-likeness (QED) is 0.224. The van der Waals surface area contributed by atoms with Crippen molar-refractivity contribution < 1.29 is 19.0 Å². The molecule has 1 amide bonds. The summed E-state index contributed by atoms with van der Waals surface area (Å²) in [5.41, 5.74) is 1.54. The molecule has 1 aliphatic heterocycles. The molecule has 0 saturated carbocycles. The van der Waals surface area contributed by atoms with Crippen LogP contribution in [-0.2, 0) is 4.79 Å². The molecule has 9 nitrogen and oxygen atoms in total. The molecule has 3 aromatic carbocycles. The molecular weight excluding hydrogens is 482 g/mol. The largest absolute Gasteiger partial charge is 0.493 e. The molecular formula is C29H29N5O4. The molecule has 0 N–H and O–H groups in total. The Kier molecular flexibility index (Phi) is 7.65. The fraction of sp³-hybridized carbons (Fsp3) is 0.207. The Morgan fingerprint density at radius 3 is 2.37 bits per heavy atom. The monoisotopic (exact) mass is 511 g/mol. The minimum Gasteiger partial charge on any atom is -0.493 e. The summed E-state index contributed by atoms with van der Waals surface area (Å²) in [6, 6.07) is 20.9. The second kappa shape index (κ2) is 11.6. The van der Waals surface area contributed by atoms with Crippen LogP contribution in [0.15, 0.2) is 85.7 Å². The van der Waals surface area contributed by atoms with Crippen molar-refractivity contribution in [1.29, 1.82) is 0 Å². The second-order valence-corrected chi connectivity index (χ2v) is 8.62. The van der Waals surface area contributed by atoms with Crippen molar-refractivity contribution in [2.45, 2.75) is 0 Å². The third-order valence-corrected chi connectivity index (χ3v) is 6.30. The van der Waals surface area contributed by atoms with Crippen LogP contribution in [0.1, 0.15) is 0 Å². The van der Waals surface area contributed by atoms with E-state index in [1.807, 2.05) is 71.7 Å². The molecule has 9 heteroatoms. The Morgan fingerprint density at radius 2 is 1.68 bits per heavy atom. The molecule has 0 radical (unpaired) electrons. The molecule has 0 atom stereocenters. The van der Waals surface area contributed by atoms with E-state index < -0.39 is 0 Å². The van der Waals surface area contributed by atoms with E-state index in [-0.39, 0.29) is 0 Å². The number of hydrazine groups is 1. The lowest BCUT2D eigenvalue weighted by Gasteiger charge is -2.40. The van der Waals surface area contributed by atoms with Gasteiger partial charge in [-0.1, -0.05) is 30.9 Å². The van der Waals surface area contributed by atoms with Crippen LogP contribution in [0, 0.1) is 0 Å². The van der Waals surface area contributed by atoms with Gasteiger partial charge in [0, 0.05) is 37.6 Å². The number of carbonyl (C=O) groups is 1. The highest BCUT2D eigenvalue weighted by atomic mass is 16.5. The van der Waals surface area contributed by atoms with Gasteiger partial charge >= 0.3 is 0 Å². The van der Waals surface area contributed by atoms with Gasteiger partial charge in [0.1, 0.15) is 30.3 Å². The topological polar surface area (TPSA) is 80.3 Å². The number of ether oxygens (including phenoxy) is 3. The molecule has 0 spiro atoms. The van der Waals surface area contributed by atoms with E-state index in [4.69, 9.17) is 14.2 Å². The van der Waals surface area contributed by atoms with Crippen LogP contribution in [0.3, 0.4) is 0 Å². The van der Waals surface area contributed by atoms with Crippen LogP contribution < -0.4 is 24.1 Å². The lowest BCUT2D eigenvalue weighted by atomic mass is 10.2. The number of benzene rings is 3. The number of hydrogen-bond acceptors (Lipinski definition) is 8. The third-order valence-electron chi connectivity index (χ3n) is 6.30. The Bertz CT molecular complexity index is 1390. The van der Waals surface area contributed by atoms with E-state index in [0.717, 1.165) is 34.6 Å². The van der Waals surface area contributed by atoms with Gasteiger partial charge < -0.3 is 19.1 Å². The number of anilines is 2. The summed E-state index contributed by atoms with van der Waals surface area (Å²) in [5.74, 6) is 3.51. The van der Waals surface area contributed by atoms with Crippen molar-refractivity contribution in [2.24, 2.45) is 0 Å². The maximum Gasteiger partial charge on any atom is 0.228 e. The van der Waals surface area contributed by atoms with Crippen LogP contribution in [0.5, 0.6) is 23.0 Å². The first kappa shape index (κ1) is 25.0. The number of rotatable bonds is 10. The predicted molar refractivity (Wildman–Crippen MR) is 147 cm³/mol. The Morgan fingerprint density at radius 1 is 0.947 bits per heavy atom. The number of amides is 1. The molecule has 1 aliphatic rings. The average Bonchev–Trinajstić information content (AvgIpc) is 2.97. The van der Waals surface area contributed by atoms with Crippen LogP contribution >= 0.6 is 0 Å². The van der Waals surface area contributed by atoms with Gasteiger partial charge in [0.25, 0.3) is 0 Å². The first-order valence-corrected chi connectivity index (χ1v) is 12.3. The van der Waals surface area contributed by atoms with Crippen molar-refractivity contribution in [1.82, 2.24) is 15.0 Å². The van der Waals surface area contributed by atoms with E-state index in [9.17, 15) is 4.79 Å². The normalized spacial score (nSPS) is 13.7. The molecule has 0 bridgehead atoms. The number of carbonyl (C=O) groups excluding carboxylic acids is 1. The number of fused-ring (bicyclic) bond motifs is 1. The summed E-state index contributed by atoms with van der Waals surface area (Å²) >= 11 is 0. The minimum atomic E-state index is 0.373. The summed E-state index contributed by atoms with van der Waals surface area (Å²) in [7, 11) is 1.61. The lowest BCUT2D eigenvalue weighted by molar-refractivity contribution is -0.110. The number of nitrogens with zero attached hydrogens (tertiary/aromatic N) is 5. The Hall–Kier alpha value is -4.63. The molecule has 5 rings (SSSR count). The summed E-state index contributed by atoms with van der Waals surface area (Å²) < 4.78 is 17.2. The van der Waals surface area contributed by atoms with Crippen molar-refractivity contribution in [3.05, 3.63) is 85.7 Å². The number of piperazine rings is 1. The van der Waals surface area contributed by atoms with Crippen LogP contribution in [0.25, 0.3) is 10.9 Å². The zero-order chi connectivity index (χ0) is 26.3. The summed E-state index contributed by atoms with van der Waals surface area (Å²) in [6.07, 6.45) is 4.09. The Labute approximate surface area is 221 Å². The fourth-order valence-corrected chi connectivity index (χ4v) is 4.43. The van der Waals surface area contributed by atoms with Gasteiger partial charge in [-0.2, -0.15) is 0 Å². The van der Waals surface area contributed by atoms with Crippen LogP contribution in [0.4, 0.5) is 11.5 Å². The number of hydrogen-bond donors (Lipinski definition) is 0. The van der Waals surface area contributed by atoms with Crippen molar-refractivity contribution >= 4 is 28.8 Å². The molecule has 1 fully saturated rings. The summed E-state index contributed by atoms with van der Waals surface area (Å²) in [4.78, 5) is 23.3. The SMILES string of the molecule is C=CCOc1cc2ncnc(N3CCN(N(C=O)c4ccc(Oc5ccccc5)cc4)CC3)c2cc1OC. The van der Waals surface area contributed by atoms with Crippen molar-refractivity contribution in [3.63, 3.8) is 0 Å². The van der Waals surface area contributed by atoms with Crippen LogP contribution in [-0.4, -0.2) is 61.3 Å². The molecule has 0 unspecified atom stereocenters. The number of para-hydroxylation sites is 1.